The van der Waals surface area contributed by atoms with Crippen molar-refractivity contribution < 1.29 is 9.90 Å². The van der Waals surface area contributed by atoms with Crippen LogP contribution in [0.1, 0.15) is 31.6 Å². The Kier molecular flexibility index (Phi) is 8.50. The van der Waals surface area contributed by atoms with Gasteiger partial charge in [-0.3, -0.25) is 15.0 Å². The van der Waals surface area contributed by atoms with Gasteiger partial charge in [-0.1, -0.05) is 13.8 Å². The fourth-order valence-electron chi connectivity index (χ4n) is 3.52. The highest BCUT2D eigenvalue weighted by molar-refractivity contribution is 7.99. The molecule has 35 heavy (non-hydrogen) atoms. The van der Waals surface area contributed by atoms with Gasteiger partial charge in [-0.05, 0) is 41.9 Å². The number of rotatable bonds is 9. The lowest BCUT2D eigenvalue weighted by Crippen LogP contribution is -2.47. The zero-order chi connectivity index (χ0) is 24.8. The first kappa shape index (κ1) is 25.3. The number of benzene rings is 1. The molecule has 0 bridgehead atoms. The number of amides is 1. The molecule has 1 aliphatic rings. The van der Waals surface area contributed by atoms with E-state index in [1.807, 2.05) is 30.5 Å². The number of carbonyl (C=O) groups excluding carboxylic acids is 1. The number of nitrogens with one attached hydrogen (secondary N) is 2. The Morgan fingerprint density at radius 3 is 2.51 bits per heavy atom. The third-order valence-corrected chi connectivity index (χ3v) is 7.46. The summed E-state index contributed by atoms with van der Waals surface area (Å²) < 4.78 is 0. The third kappa shape index (κ3) is 7.10. The molecule has 0 unspecified atom stereocenters. The van der Waals surface area contributed by atoms with Crippen molar-refractivity contribution in [1.29, 1.82) is 0 Å². The molecular weight excluding hydrogens is 484 g/mol. The largest absolute Gasteiger partial charge is 0.395 e. The number of β-amino-alcohol motifs (C(OH)–C–C–N with tert-alkyl or cyclic N) is 1. The first-order valence-corrected chi connectivity index (χ1v) is 13.2. The topological polar surface area (TPSA) is 119 Å². The molecule has 0 saturated carbocycles. The molecule has 1 aromatic carbocycles. The molecule has 0 radical (unpaired) electrons. The Hall–Kier alpha value is -2.80. The molecule has 12 heteroatoms. The van der Waals surface area contributed by atoms with E-state index in [1.54, 1.807) is 11.3 Å². The molecular formula is C23H30N8O2S2. The van der Waals surface area contributed by atoms with Gasteiger partial charge in [-0.2, -0.15) is 15.0 Å². The summed E-state index contributed by atoms with van der Waals surface area (Å²) in [6.45, 7) is 9.82. The van der Waals surface area contributed by atoms with E-state index in [4.69, 9.17) is 9.97 Å². The Balaban J connectivity index is 1.56. The molecule has 1 fully saturated rings. The summed E-state index contributed by atoms with van der Waals surface area (Å²) in [5, 5.41) is 16.6. The van der Waals surface area contributed by atoms with Gasteiger partial charge >= 0.3 is 0 Å². The number of nitrogens with zero attached hydrogens (tertiary/aromatic N) is 6. The minimum atomic E-state index is -0.106. The number of aliphatic hydroxyl groups is 1. The summed E-state index contributed by atoms with van der Waals surface area (Å²) in [5.74, 6) is 1.36. The lowest BCUT2D eigenvalue weighted by Gasteiger charge is -2.34. The van der Waals surface area contributed by atoms with E-state index in [0.29, 0.717) is 29.5 Å². The van der Waals surface area contributed by atoms with Crippen LogP contribution in [0.15, 0.2) is 40.5 Å². The van der Waals surface area contributed by atoms with Crippen LogP contribution in [0.25, 0.3) is 0 Å². The molecule has 0 spiro atoms. The highest BCUT2D eigenvalue weighted by Crippen LogP contribution is 2.30. The van der Waals surface area contributed by atoms with Crippen molar-refractivity contribution in [1.82, 2.24) is 24.8 Å². The van der Waals surface area contributed by atoms with E-state index in [0.717, 1.165) is 41.9 Å². The Labute approximate surface area is 213 Å². The molecule has 3 N–H and O–H groups in total. The second-order valence-corrected chi connectivity index (χ2v) is 10.6. The van der Waals surface area contributed by atoms with Crippen LogP contribution in [-0.2, 0) is 4.79 Å². The first-order chi connectivity index (χ1) is 16.9. The number of aromatic nitrogens is 4. The fraction of sp³-hybridized carbons (Fsp3) is 0.435. The van der Waals surface area contributed by atoms with Crippen LogP contribution in [-0.4, -0.2) is 75.2 Å². The molecule has 3 heterocycles. The average molecular weight is 515 g/mol. The Morgan fingerprint density at radius 1 is 1.14 bits per heavy atom. The second-order valence-electron chi connectivity index (χ2n) is 8.45. The quantitative estimate of drug-likeness (QED) is 0.392. The number of carbonyl (C=O) groups is 1. The van der Waals surface area contributed by atoms with E-state index in [2.05, 4.69) is 44.2 Å². The van der Waals surface area contributed by atoms with Crippen molar-refractivity contribution in [2.75, 3.05) is 54.9 Å². The molecule has 0 atom stereocenters. The predicted octanol–water partition coefficient (Wildman–Crippen LogP) is 3.42. The summed E-state index contributed by atoms with van der Waals surface area (Å²) in [7, 11) is 0. The zero-order valence-corrected chi connectivity index (χ0v) is 21.7. The summed E-state index contributed by atoms with van der Waals surface area (Å²) in [6, 6.07) is 7.56. The minimum Gasteiger partial charge on any atom is -0.395 e. The smallest absolute Gasteiger partial charge is 0.234 e. The van der Waals surface area contributed by atoms with Crippen molar-refractivity contribution in [3.8, 4) is 0 Å². The van der Waals surface area contributed by atoms with Gasteiger partial charge in [-0.15, -0.1) is 11.3 Å². The van der Waals surface area contributed by atoms with Crippen molar-refractivity contribution in [2.45, 2.75) is 36.7 Å². The summed E-state index contributed by atoms with van der Waals surface area (Å²) in [4.78, 5) is 36.4. The molecule has 10 nitrogen and oxygen atoms in total. The number of hydrogen-bond donors (Lipinski definition) is 3. The lowest BCUT2D eigenvalue weighted by molar-refractivity contribution is -0.114. The molecule has 4 rings (SSSR count). The maximum atomic E-state index is 11.3. The van der Waals surface area contributed by atoms with Gasteiger partial charge in [-0.25, -0.2) is 4.98 Å². The standard InChI is InChI=1S/C23H30N8O2S2/c1-15(2)19-14-24-22(35-19)27-20-26-21(31-10-8-30(9-11-31)12-13-32)29-23(28-20)34-18-6-4-17(5-7-18)25-16(3)33/h4-7,14-15,32H,8-13H2,1-3H3,(H,25,33)(H,24,26,27,28,29). The van der Waals surface area contributed by atoms with E-state index >= 15 is 0 Å². The van der Waals surface area contributed by atoms with Gasteiger partial charge in [0.1, 0.15) is 0 Å². The number of hydrogen-bond acceptors (Lipinski definition) is 11. The van der Waals surface area contributed by atoms with Crippen molar-refractivity contribution >= 4 is 51.7 Å². The highest BCUT2D eigenvalue weighted by atomic mass is 32.2. The van der Waals surface area contributed by atoms with Crippen molar-refractivity contribution in [2.24, 2.45) is 0 Å². The van der Waals surface area contributed by atoms with Crippen LogP contribution in [0.2, 0.25) is 0 Å². The molecule has 1 aliphatic heterocycles. The van der Waals surface area contributed by atoms with Gasteiger partial charge in [0.25, 0.3) is 0 Å². The van der Waals surface area contributed by atoms with Gasteiger partial charge in [0.2, 0.25) is 17.8 Å². The van der Waals surface area contributed by atoms with E-state index in [9.17, 15) is 9.90 Å². The minimum absolute atomic E-state index is 0.106. The van der Waals surface area contributed by atoms with E-state index < -0.39 is 0 Å². The summed E-state index contributed by atoms with van der Waals surface area (Å²) in [6.07, 6.45) is 1.88. The van der Waals surface area contributed by atoms with E-state index in [-0.39, 0.29) is 12.5 Å². The Bertz CT molecular complexity index is 1130. The highest BCUT2D eigenvalue weighted by Gasteiger charge is 2.21. The lowest BCUT2D eigenvalue weighted by atomic mass is 10.2. The number of anilines is 4. The van der Waals surface area contributed by atoms with Crippen molar-refractivity contribution in [3.63, 3.8) is 0 Å². The SMILES string of the molecule is CC(=O)Nc1ccc(Sc2nc(Nc3ncc(C(C)C)s3)nc(N3CCN(CCO)CC3)n2)cc1. The van der Waals surface area contributed by atoms with Crippen LogP contribution >= 0.6 is 23.1 Å². The molecule has 3 aromatic rings. The predicted molar refractivity (Wildman–Crippen MR) is 140 cm³/mol. The second kappa shape index (κ2) is 11.8. The number of piperazine rings is 1. The number of aliphatic hydroxyl groups excluding tert-OH is 1. The average Bonchev–Trinajstić information content (AvgIpc) is 3.29. The molecule has 1 amide bonds. The molecule has 1 saturated heterocycles. The van der Waals surface area contributed by atoms with Crippen LogP contribution in [0, 0.1) is 0 Å². The zero-order valence-electron chi connectivity index (χ0n) is 20.1. The maximum Gasteiger partial charge on any atom is 0.234 e. The fourth-order valence-corrected chi connectivity index (χ4v) is 5.08. The van der Waals surface area contributed by atoms with Crippen LogP contribution in [0.4, 0.5) is 22.7 Å². The third-order valence-electron chi connectivity index (χ3n) is 5.37. The van der Waals surface area contributed by atoms with E-state index in [1.165, 1.54) is 23.6 Å². The van der Waals surface area contributed by atoms with Crippen LogP contribution in [0.3, 0.4) is 0 Å². The number of thiazole rings is 1. The van der Waals surface area contributed by atoms with Crippen LogP contribution in [0.5, 0.6) is 0 Å². The first-order valence-electron chi connectivity index (χ1n) is 11.5. The Morgan fingerprint density at radius 2 is 1.89 bits per heavy atom. The van der Waals surface area contributed by atoms with Gasteiger partial charge in [0.15, 0.2) is 10.3 Å². The van der Waals surface area contributed by atoms with Gasteiger partial charge in [0, 0.05) is 61.3 Å². The van der Waals surface area contributed by atoms with Crippen LogP contribution < -0.4 is 15.5 Å². The normalized spacial score (nSPS) is 14.4. The summed E-state index contributed by atoms with van der Waals surface area (Å²) >= 11 is 3.03. The van der Waals surface area contributed by atoms with Gasteiger partial charge in [0.05, 0.1) is 6.61 Å². The molecule has 2 aromatic heterocycles. The molecule has 186 valence electrons. The monoisotopic (exact) mass is 514 g/mol. The maximum absolute atomic E-state index is 11.3. The van der Waals surface area contributed by atoms with Gasteiger partial charge < -0.3 is 15.3 Å². The molecule has 0 aliphatic carbocycles. The van der Waals surface area contributed by atoms with Crippen molar-refractivity contribution in [3.05, 3.63) is 35.3 Å². The summed E-state index contributed by atoms with van der Waals surface area (Å²) in [5.41, 5.74) is 0.742.